The summed E-state index contributed by atoms with van der Waals surface area (Å²) in [5.41, 5.74) is 0.171. The summed E-state index contributed by atoms with van der Waals surface area (Å²) in [5, 5.41) is 0. The fraction of sp³-hybridized carbons (Fsp3) is 1.00. The maximum atomic E-state index is 6.06. The number of rotatable bonds is 1. The molecule has 0 unspecified atom stereocenters. The van der Waals surface area contributed by atoms with Crippen LogP contribution in [-0.2, 0) is 4.74 Å². The molecule has 0 radical (unpaired) electrons. The van der Waals surface area contributed by atoms with Crippen LogP contribution in [0.15, 0.2) is 0 Å². The van der Waals surface area contributed by atoms with Crippen LogP contribution in [0.4, 0.5) is 0 Å². The van der Waals surface area contributed by atoms with E-state index in [9.17, 15) is 0 Å². The van der Waals surface area contributed by atoms with Crippen LogP contribution >= 0.6 is 22.9 Å². The molecule has 0 saturated carbocycles. The Morgan fingerprint density at radius 1 is 1.20 bits per heavy atom. The summed E-state index contributed by atoms with van der Waals surface area (Å²) in [6.45, 7) is 10.1. The summed E-state index contributed by atoms with van der Waals surface area (Å²) >= 11 is 2.42. The summed E-state index contributed by atoms with van der Waals surface area (Å²) < 4.78 is 8.44. The molecule has 2 saturated heterocycles. The first-order chi connectivity index (χ1) is 7.11. The Hall–Kier alpha value is 0.610. The van der Waals surface area contributed by atoms with Crippen molar-refractivity contribution in [1.29, 1.82) is 0 Å². The SMILES string of the molecule is CC(C)N1CCOC2(CCN(I)CC2)C1. The molecule has 0 amide bonds. The van der Waals surface area contributed by atoms with Crippen LogP contribution < -0.4 is 0 Å². The number of morpholine rings is 1. The Morgan fingerprint density at radius 3 is 2.47 bits per heavy atom. The fourth-order valence-corrected chi connectivity index (χ4v) is 2.99. The molecule has 2 rings (SSSR count). The van der Waals surface area contributed by atoms with Crippen molar-refractivity contribution in [2.24, 2.45) is 0 Å². The third kappa shape index (κ3) is 2.84. The van der Waals surface area contributed by atoms with E-state index < -0.39 is 0 Å². The molecule has 2 aliphatic rings. The first-order valence-corrected chi connectivity index (χ1v) is 6.87. The minimum Gasteiger partial charge on any atom is -0.372 e. The average Bonchev–Trinajstić information content (AvgIpc) is 2.23. The maximum Gasteiger partial charge on any atom is 0.0834 e. The first-order valence-electron chi connectivity index (χ1n) is 5.90. The Kier molecular flexibility index (Phi) is 3.91. The molecule has 0 N–H and O–H groups in total. The lowest BCUT2D eigenvalue weighted by atomic mass is 9.90. The molecule has 0 aromatic carbocycles. The molecule has 4 heteroatoms. The van der Waals surface area contributed by atoms with Crippen LogP contribution in [0.2, 0.25) is 0 Å². The van der Waals surface area contributed by atoms with Gasteiger partial charge in [0.2, 0.25) is 0 Å². The van der Waals surface area contributed by atoms with Crippen molar-refractivity contribution in [3.8, 4) is 0 Å². The van der Waals surface area contributed by atoms with Crippen LogP contribution in [-0.4, -0.2) is 52.4 Å². The third-order valence-electron chi connectivity index (χ3n) is 3.63. The Balaban J connectivity index is 1.96. The van der Waals surface area contributed by atoms with Crippen LogP contribution in [0.25, 0.3) is 0 Å². The maximum absolute atomic E-state index is 6.06. The molecule has 88 valence electrons. The van der Waals surface area contributed by atoms with Crippen molar-refractivity contribution in [2.75, 3.05) is 32.8 Å². The van der Waals surface area contributed by atoms with Gasteiger partial charge in [0.15, 0.2) is 0 Å². The lowest BCUT2D eigenvalue weighted by molar-refractivity contribution is -0.134. The van der Waals surface area contributed by atoms with Gasteiger partial charge in [-0.25, -0.2) is 3.11 Å². The van der Waals surface area contributed by atoms with Gasteiger partial charge in [-0.3, -0.25) is 4.90 Å². The number of hydrogen-bond donors (Lipinski definition) is 0. The predicted octanol–water partition coefficient (Wildman–Crippen LogP) is 1.91. The molecule has 0 aromatic rings. The van der Waals surface area contributed by atoms with Crippen LogP contribution in [0.1, 0.15) is 26.7 Å². The topological polar surface area (TPSA) is 15.7 Å². The number of hydrogen-bond acceptors (Lipinski definition) is 3. The van der Waals surface area contributed by atoms with Gasteiger partial charge in [-0.1, -0.05) is 0 Å². The van der Waals surface area contributed by atoms with Crippen molar-refractivity contribution in [3.05, 3.63) is 0 Å². The second-order valence-corrected chi connectivity index (χ2v) is 6.37. The molecular weight excluding hydrogens is 303 g/mol. The minimum absolute atomic E-state index is 0.171. The summed E-state index contributed by atoms with van der Waals surface area (Å²) in [6, 6.07) is 0.656. The van der Waals surface area contributed by atoms with Gasteiger partial charge in [-0.2, -0.15) is 0 Å². The summed E-state index contributed by atoms with van der Waals surface area (Å²) in [7, 11) is 0. The van der Waals surface area contributed by atoms with E-state index in [2.05, 4.69) is 44.7 Å². The normalized spacial score (nSPS) is 28.8. The van der Waals surface area contributed by atoms with Gasteiger partial charge in [-0.05, 0) is 26.7 Å². The Labute approximate surface area is 107 Å². The quantitative estimate of drug-likeness (QED) is 0.541. The standard InChI is InChI=1S/C11H21IN2O/c1-10(2)13-7-8-15-11(9-13)3-5-14(12)6-4-11/h10H,3-9H2,1-2H3. The summed E-state index contributed by atoms with van der Waals surface area (Å²) in [4.78, 5) is 2.56. The monoisotopic (exact) mass is 324 g/mol. The van der Waals surface area contributed by atoms with Crippen LogP contribution in [0.5, 0.6) is 0 Å². The van der Waals surface area contributed by atoms with E-state index in [1.807, 2.05) is 0 Å². The molecule has 0 atom stereocenters. The number of ether oxygens (including phenoxy) is 1. The van der Waals surface area contributed by atoms with Crippen LogP contribution in [0, 0.1) is 0 Å². The third-order valence-corrected chi connectivity index (χ3v) is 4.59. The second kappa shape index (κ2) is 4.85. The van der Waals surface area contributed by atoms with E-state index >= 15 is 0 Å². The van der Waals surface area contributed by atoms with Gasteiger partial charge in [0, 0.05) is 55.1 Å². The van der Waals surface area contributed by atoms with E-state index in [1.165, 1.54) is 25.9 Å². The molecule has 0 aromatic heterocycles. The number of piperidine rings is 1. The highest BCUT2D eigenvalue weighted by Gasteiger charge is 2.39. The fourth-order valence-electron chi connectivity index (χ4n) is 2.50. The van der Waals surface area contributed by atoms with E-state index in [-0.39, 0.29) is 5.60 Å². The van der Waals surface area contributed by atoms with Crippen molar-refractivity contribution in [1.82, 2.24) is 8.01 Å². The highest BCUT2D eigenvalue weighted by Crippen LogP contribution is 2.31. The predicted molar refractivity (Wildman–Crippen MR) is 70.2 cm³/mol. The molecule has 0 aliphatic carbocycles. The zero-order valence-electron chi connectivity index (χ0n) is 9.71. The smallest absolute Gasteiger partial charge is 0.0834 e. The van der Waals surface area contributed by atoms with Gasteiger partial charge >= 0.3 is 0 Å². The molecule has 15 heavy (non-hydrogen) atoms. The number of nitrogens with zero attached hydrogens (tertiary/aromatic N) is 2. The molecule has 0 bridgehead atoms. The first kappa shape index (κ1) is 12.1. The zero-order chi connectivity index (χ0) is 10.9. The lowest BCUT2D eigenvalue weighted by Gasteiger charge is -2.47. The van der Waals surface area contributed by atoms with E-state index in [0.717, 1.165) is 19.7 Å². The van der Waals surface area contributed by atoms with Crippen molar-refractivity contribution >= 4 is 22.9 Å². The Bertz CT molecular complexity index is 215. The minimum atomic E-state index is 0.171. The van der Waals surface area contributed by atoms with Gasteiger partial charge in [0.25, 0.3) is 0 Å². The largest absolute Gasteiger partial charge is 0.372 e. The molecule has 2 fully saturated rings. The number of halogens is 1. The van der Waals surface area contributed by atoms with Gasteiger partial charge < -0.3 is 4.74 Å². The van der Waals surface area contributed by atoms with Gasteiger partial charge in [-0.15, -0.1) is 0 Å². The second-order valence-electron chi connectivity index (χ2n) is 5.01. The highest BCUT2D eigenvalue weighted by molar-refractivity contribution is 14.1. The van der Waals surface area contributed by atoms with Crippen LogP contribution in [0.3, 0.4) is 0 Å². The summed E-state index contributed by atoms with van der Waals surface area (Å²) in [5.74, 6) is 0. The zero-order valence-corrected chi connectivity index (χ0v) is 11.9. The van der Waals surface area contributed by atoms with Gasteiger partial charge in [0.1, 0.15) is 0 Å². The molecular formula is C11H21IN2O. The van der Waals surface area contributed by atoms with E-state index in [0.29, 0.717) is 6.04 Å². The molecule has 2 aliphatic heterocycles. The van der Waals surface area contributed by atoms with Crippen molar-refractivity contribution in [3.63, 3.8) is 0 Å². The van der Waals surface area contributed by atoms with E-state index in [4.69, 9.17) is 4.74 Å². The molecule has 1 spiro atoms. The van der Waals surface area contributed by atoms with Crippen molar-refractivity contribution in [2.45, 2.75) is 38.3 Å². The van der Waals surface area contributed by atoms with E-state index in [1.54, 1.807) is 0 Å². The molecule has 2 heterocycles. The Morgan fingerprint density at radius 2 is 1.87 bits per heavy atom. The highest BCUT2D eigenvalue weighted by atomic mass is 127. The lowest BCUT2D eigenvalue weighted by Crippen LogP contribution is -2.57. The van der Waals surface area contributed by atoms with Gasteiger partial charge in [0.05, 0.1) is 12.2 Å². The average molecular weight is 324 g/mol. The van der Waals surface area contributed by atoms with Crippen molar-refractivity contribution < 1.29 is 4.74 Å². The summed E-state index contributed by atoms with van der Waals surface area (Å²) in [6.07, 6.45) is 2.39. The molecule has 3 nitrogen and oxygen atoms in total.